The van der Waals surface area contributed by atoms with Gasteiger partial charge in [0, 0.05) is 6.42 Å². The lowest BCUT2D eigenvalue weighted by Crippen LogP contribution is -2.54. The quantitative estimate of drug-likeness (QED) is 0.873. The maximum Gasteiger partial charge on any atom is 0.411 e. The van der Waals surface area contributed by atoms with Gasteiger partial charge in [0.25, 0.3) is 0 Å². The second-order valence-corrected chi connectivity index (χ2v) is 7.07. The molecule has 4 rings (SSSR count). The molecule has 124 valence electrons. The van der Waals surface area contributed by atoms with Crippen LogP contribution in [0.1, 0.15) is 37.7 Å². The van der Waals surface area contributed by atoms with Gasteiger partial charge in [-0.1, -0.05) is 49.6 Å². The van der Waals surface area contributed by atoms with E-state index in [2.05, 4.69) is 0 Å². The Morgan fingerprint density at radius 3 is 2.52 bits per heavy atom. The number of aliphatic hydroxyl groups excluding tert-OH is 2. The van der Waals surface area contributed by atoms with E-state index in [0.717, 1.165) is 37.7 Å². The van der Waals surface area contributed by atoms with E-state index in [9.17, 15) is 15.0 Å². The second kappa shape index (κ2) is 5.49. The number of cyclic esters (lactones) is 1. The summed E-state index contributed by atoms with van der Waals surface area (Å²) in [6.07, 6.45) is 2.52. The Morgan fingerprint density at radius 1 is 1.13 bits per heavy atom. The molecule has 2 heterocycles. The van der Waals surface area contributed by atoms with Crippen LogP contribution in [-0.2, 0) is 11.2 Å². The molecule has 5 heteroatoms. The molecule has 1 aliphatic carbocycles. The average Bonchev–Trinajstić information content (AvgIpc) is 3.00. The van der Waals surface area contributed by atoms with Gasteiger partial charge in [-0.2, -0.15) is 0 Å². The number of hydrogen-bond donors (Lipinski definition) is 2. The summed E-state index contributed by atoms with van der Waals surface area (Å²) in [7, 11) is 0. The van der Waals surface area contributed by atoms with Crippen molar-refractivity contribution in [3.63, 3.8) is 0 Å². The van der Waals surface area contributed by atoms with E-state index in [1.54, 1.807) is 4.90 Å². The molecule has 23 heavy (non-hydrogen) atoms. The average molecular weight is 317 g/mol. The molecule has 1 saturated carbocycles. The van der Waals surface area contributed by atoms with Crippen LogP contribution in [0.25, 0.3) is 0 Å². The number of benzene rings is 1. The highest BCUT2D eigenvalue weighted by Gasteiger charge is 2.65. The molecular formula is C18H23NO4. The van der Waals surface area contributed by atoms with Crippen molar-refractivity contribution in [3.8, 4) is 0 Å². The van der Waals surface area contributed by atoms with E-state index >= 15 is 0 Å². The highest BCUT2D eigenvalue weighted by atomic mass is 16.6. The Kier molecular flexibility index (Phi) is 3.58. The molecule has 2 aliphatic heterocycles. The van der Waals surface area contributed by atoms with Crippen molar-refractivity contribution in [2.24, 2.45) is 0 Å². The summed E-state index contributed by atoms with van der Waals surface area (Å²) in [5, 5.41) is 21.3. The fraction of sp³-hybridized carbons (Fsp3) is 0.611. The molecule has 5 nitrogen and oxygen atoms in total. The van der Waals surface area contributed by atoms with Crippen molar-refractivity contribution in [2.45, 2.75) is 68.4 Å². The molecule has 1 aromatic rings. The van der Waals surface area contributed by atoms with Gasteiger partial charge in [0.05, 0.1) is 5.54 Å². The highest BCUT2D eigenvalue weighted by molar-refractivity contribution is 5.73. The van der Waals surface area contributed by atoms with Crippen LogP contribution >= 0.6 is 0 Å². The summed E-state index contributed by atoms with van der Waals surface area (Å²) in [5.74, 6) is 0. The first-order chi connectivity index (χ1) is 11.1. The largest absolute Gasteiger partial charge is 0.443 e. The van der Waals surface area contributed by atoms with Gasteiger partial charge in [-0.15, -0.1) is 0 Å². The molecule has 4 atom stereocenters. The van der Waals surface area contributed by atoms with Crippen LogP contribution < -0.4 is 0 Å². The Balaban J connectivity index is 1.63. The Labute approximate surface area is 135 Å². The Bertz CT molecular complexity index is 584. The number of amides is 1. The van der Waals surface area contributed by atoms with Crippen LogP contribution in [0.4, 0.5) is 4.79 Å². The smallest absolute Gasteiger partial charge is 0.411 e. The van der Waals surface area contributed by atoms with E-state index < -0.39 is 29.9 Å². The molecule has 3 aliphatic rings. The van der Waals surface area contributed by atoms with Crippen LogP contribution in [0, 0.1) is 0 Å². The first kappa shape index (κ1) is 15.0. The number of carbonyl (C=O) groups excluding carboxylic acids is 1. The Hall–Kier alpha value is -1.59. The lowest BCUT2D eigenvalue weighted by molar-refractivity contribution is -0.0334. The number of carbonyl (C=O) groups is 1. The lowest BCUT2D eigenvalue weighted by Gasteiger charge is -2.41. The van der Waals surface area contributed by atoms with Crippen LogP contribution in [0.15, 0.2) is 30.3 Å². The van der Waals surface area contributed by atoms with Crippen LogP contribution in [0.3, 0.4) is 0 Å². The molecule has 1 aromatic carbocycles. The summed E-state index contributed by atoms with van der Waals surface area (Å²) in [5.41, 5.74) is 0.434. The Morgan fingerprint density at radius 2 is 1.83 bits per heavy atom. The van der Waals surface area contributed by atoms with Crippen molar-refractivity contribution in [1.29, 1.82) is 0 Å². The summed E-state index contributed by atoms with van der Waals surface area (Å²) >= 11 is 0. The molecule has 1 spiro atoms. The van der Waals surface area contributed by atoms with Crippen molar-refractivity contribution in [1.82, 2.24) is 4.90 Å². The topological polar surface area (TPSA) is 70.0 Å². The molecule has 0 unspecified atom stereocenters. The molecule has 2 saturated heterocycles. The zero-order valence-electron chi connectivity index (χ0n) is 13.1. The molecule has 1 amide bonds. The zero-order chi connectivity index (χ0) is 16.0. The van der Waals surface area contributed by atoms with Gasteiger partial charge in [0.2, 0.25) is 0 Å². The van der Waals surface area contributed by atoms with Crippen LogP contribution in [0.2, 0.25) is 0 Å². The predicted octanol–water partition coefficient (Wildman–Crippen LogP) is 1.86. The third kappa shape index (κ3) is 2.17. The van der Waals surface area contributed by atoms with Gasteiger partial charge in [-0.05, 0) is 18.4 Å². The molecule has 0 aromatic heterocycles. The van der Waals surface area contributed by atoms with Gasteiger partial charge >= 0.3 is 6.09 Å². The first-order valence-corrected chi connectivity index (χ1v) is 8.53. The van der Waals surface area contributed by atoms with E-state index in [0.29, 0.717) is 6.42 Å². The summed E-state index contributed by atoms with van der Waals surface area (Å²) in [6, 6.07) is 9.38. The minimum atomic E-state index is -0.937. The number of aliphatic hydroxyl groups is 2. The number of hydrogen-bond acceptors (Lipinski definition) is 4. The predicted molar refractivity (Wildman–Crippen MR) is 83.9 cm³/mol. The van der Waals surface area contributed by atoms with Crippen LogP contribution in [-0.4, -0.2) is 51.1 Å². The van der Waals surface area contributed by atoms with E-state index in [4.69, 9.17) is 4.74 Å². The number of fused-ring (bicyclic) bond motifs is 2. The molecule has 0 radical (unpaired) electrons. The summed E-state index contributed by atoms with van der Waals surface area (Å²) in [6.45, 7) is 0. The molecular weight excluding hydrogens is 294 g/mol. The number of rotatable bonds is 2. The summed E-state index contributed by atoms with van der Waals surface area (Å²) in [4.78, 5) is 14.2. The molecule has 2 N–H and O–H groups in total. The first-order valence-electron chi connectivity index (χ1n) is 8.53. The van der Waals surface area contributed by atoms with Gasteiger partial charge in [-0.3, -0.25) is 4.90 Å². The van der Waals surface area contributed by atoms with E-state index in [1.165, 1.54) is 0 Å². The monoisotopic (exact) mass is 317 g/mol. The number of nitrogens with zero attached hydrogens (tertiary/aromatic N) is 1. The second-order valence-electron chi connectivity index (χ2n) is 7.07. The highest BCUT2D eigenvalue weighted by Crippen LogP contribution is 2.48. The third-order valence-electron chi connectivity index (χ3n) is 5.83. The zero-order valence-corrected chi connectivity index (χ0v) is 13.1. The van der Waals surface area contributed by atoms with Gasteiger partial charge in [0.1, 0.15) is 24.4 Å². The van der Waals surface area contributed by atoms with Gasteiger partial charge in [-0.25, -0.2) is 4.79 Å². The van der Waals surface area contributed by atoms with Crippen molar-refractivity contribution >= 4 is 6.09 Å². The van der Waals surface area contributed by atoms with E-state index in [-0.39, 0.29) is 6.09 Å². The van der Waals surface area contributed by atoms with Crippen molar-refractivity contribution in [3.05, 3.63) is 35.9 Å². The SMILES string of the molecule is O=C1O[C@H](Cc2ccccc2)[C@@H]2[C@H](O)[C@H](O)C3(CCCCC3)N12. The fourth-order valence-corrected chi connectivity index (χ4v) is 4.75. The molecule has 0 bridgehead atoms. The fourth-order valence-electron chi connectivity index (χ4n) is 4.75. The maximum atomic E-state index is 12.5. The van der Waals surface area contributed by atoms with Crippen LogP contribution in [0.5, 0.6) is 0 Å². The minimum absolute atomic E-state index is 0.381. The summed E-state index contributed by atoms with van der Waals surface area (Å²) < 4.78 is 5.59. The van der Waals surface area contributed by atoms with Crippen molar-refractivity contribution in [2.75, 3.05) is 0 Å². The van der Waals surface area contributed by atoms with Gasteiger partial charge in [0.15, 0.2) is 0 Å². The van der Waals surface area contributed by atoms with Gasteiger partial charge < -0.3 is 14.9 Å². The molecule has 3 fully saturated rings. The maximum absolute atomic E-state index is 12.5. The standard InChI is InChI=1S/C18H23NO4/c20-15-14-13(11-12-7-3-1-4-8-12)23-17(22)19(14)18(16(15)21)9-5-2-6-10-18/h1,3-4,7-8,13-16,20-21H,2,5-6,9-11H2/t13-,14-,15+,16+/m1/s1. The third-order valence-corrected chi connectivity index (χ3v) is 5.83. The lowest BCUT2D eigenvalue weighted by atomic mass is 9.77. The number of ether oxygens (including phenoxy) is 1. The van der Waals surface area contributed by atoms with Crippen molar-refractivity contribution < 1.29 is 19.7 Å². The minimum Gasteiger partial charge on any atom is -0.443 e. The van der Waals surface area contributed by atoms with E-state index in [1.807, 2.05) is 30.3 Å². The normalized spacial score (nSPS) is 35.4.